The fourth-order valence-corrected chi connectivity index (χ4v) is 2.32. The molecule has 20 heavy (non-hydrogen) atoms. The van der Waals surface area contributed by atoms with Gasteiger partial charge in [0.1, 0.15) is 5.82 Å². The second-order valence-electron chi connectivity index (χ2n) is 4.12. The van der Waals surface area contributed by atoms with Gasteiger partial charge in [0.15, 0.2) is 22.2 Å². The lowest BCUT2D eigenvalue weighted by molar-refractivity contribution is 0.445. The van der Waals surface area contributed by atoms with E-state index in [-0.39, 0.29) is 10.5 Å². The van der Waals surface area contributed by atoms with Crippen molar-refractivity contribution in [1.82, 2.24) is 9.55 Å². The molecule has 0 saturated heterocycles. The number of aromatic nitrogens is 2. The van der Waals surface area contributed by atoms with Crippen LogP contribution in [0.3, 0.4) is 0 Å². The van der Waals surface area contributed by atoms with Crippen molar-refractivity contribution in [3.8, 4) is 5.69 Å². The maximum Gasteiger partial charge on any atom is 0.196 e. The third-order valence-corrected chi connectivity index (χ3v) is 3.18. The van der Waals surface area contributed by atoms with Crippen molar-refractivity contribution in [2.45, 2.75) is 0 Å². The summed E-state index contributed by atoms with van der Waals surface area (Å²) in [5, 5.41) is 0. The predicted molar refractivity (Wildman–Crippen MR) is 68.3 cm³/mol. The molecule has 7 heteroatoms. The summed E-state index contributed by atoms with van der Waals surface area (Å²) in [5.74, 6) is -4.72. The van der Waals surface area contributed by atoms with Crippen LogP contribution < -0.4 is 0 Å². The number of H-pyrrole nitrogens is 1. The fraction of sp³-hybridized carbons (Fsp3) is 0. The van der Waals surface area contributed by atoms with Crippen LogP contribution in [0.2, 0.25) is 0 Å². The quantitative estimate of drug-likeness (QED) is 0.405. The Kier molecular flexibility index (Phi) is 2.86. The average molecular weight is 298 g/mol. The summed E-state index contributed by atoms with van der Waals surface area (Å²) in [6.45, 7) is 0. The molecular weight excluding hydrogens is 292 g/mol. The van der Waals surface area contributed by atoms with Gasteiger partial charge < -0.3 is 4.98 Å². The molecule has 0 aliphatic heterocycles. The van der Waals surface area contributed by atoms with Crippen molar-refractivity contribution < 1.29 is 17.6 Å². The monoisotopic (exact) mass is 298 g/mol. The minimum Gasteiger partial charge on any atom is -0.330 e. The lowest BCUT2D eigenvalue weighted by atomic mass is 10.2. The van der Waals surface area contributed by atoms with Gasteiger partial charge in [-0.2, -0.15) is 0 Å². The number of benzene rings is 2. The maximum atomic E-state index is 13.8. The van der Waals surface area contributed by atoms with E-state index in [2.05, 4.69) is 4.98 Å². The zero-order valence-corrected chi connectivity index (χ0v) is 10.6. The molecule has 0 bridgehead atoms. The SMILES string of the molecule is Fc1ccc2c(c1)[nH]c(=S)n2-c1ccc(F)c(F)c1F. The first-order valence-corrected chi connectivity index (χ1v) is 5.94. The summed E-state index contributed by atoms with van der Waals surface area (Å²) in [5.41, 5.74) is 0.451. The summed E-state index contributed by atoms with van der Waals surface area (Å²) in [7, 11) is 0. The lowest BCUT2D eigenvalue weighted by Crippen LogP contribution is -2.02. The first-order valence-electron chi connectivity index (χ1n) is 5.53. The summed E-state index contributed by atoms with van der Waals surface area (Å²) in [6.07, 6.45) is 0. The van der Waals surface area contributed by atoms with Crippen molar-refractivity contribution in [2.75, 3.05) is 0 Å². The van der Waals surface area contributed by atoms with Crippen LogP contribution in [-0.4, -0.2) is 9.55 Å². The Morgan fingerprint density at radius 3 is 2.45 bits per heavy atom. The molecule has 0 fully saturated rings. The predicted octanol–water partition coefficient (Wildman–Crippen LogP) is 4.24. The molecule has 0 saturated carbocycles. The van der Waals surface area contributed by atoms with Gasteiger partial charge in [-0.15, -0.1) is 0 Å². The highest BCUT2D eigenvalue weighted by Gasteiger charge is 2.17. The van der Waals surface area contributed by atoms with Gasteiger partial charge in [0, 0.05) is 0 Å². The van der Waals surface area contributed by atoms with E-state index in [4.69, 9.17) is 12.2 Å². The Morgan fingerprint density at radius 1 is 0.950 bits per heavy atom. The fourth-order valence-electron chi connectivity index (χ4n) is 2.01. The average Bonchev–Trinajstić information content (AvgIpc) is 2.72. The van der Waals surface area contributed by atoms with Gasteiger partial charge in [-0.05, 0) is 42.5 Å². The Balaban J connectivity index is 2.38. The largest absolute Gasteiger partial charge is 0.330 e. The van der Waals surface area contributed by atoms with Gasteiger partial charge >= 0.3 is 0 Å². The van der Waals surface area contributed by atoms with Crippen molar-refractivity contribution in [1.29, 1.82) is 0 Å². The Bertz CT molecular complexity index is 882. The second-order valence-corrected chi connectivity index (χ2v) is 4.51. The molecule has 0 radical (unpaired) electrons. The Morgan fingerprint density at radius 2 is 1.70 bits per heavy atom. The number of nitrogens with zero attached hydrogens (tertiary/aromatic N) is 1. The molecule has 102 valence electrons. The number of fused-ring (bicyclic) bond motifs is 1. The zero-order valence-electron chi connectivity index (χ0n) is 9.75. The molecule has 0 aliphatic rings. The van der Waals surface area contributed by atoms with Crippen LogP contribution in [0.5, 0.6) is 0 Å². The van der Waals surface area contributed by atoms with Gasteiger partial charge in [-0.25, -0.2) is 17.6 Å². The van der Waals surface area contributed by atoms with Crippen LogP contribution >= 0.6 is 12.2 Å². The molecule has 2 nitrogen and oxygen atoms in total. The normalized spacial score (nSPS) is 11.2. The van der Waals surface area contributed by atoms with E-state index >= 15 is 0 Å². The van der Waals surface area contributed by atoms with Gasteiger partial charge in [-0.1, -0.05) is 0 Å². The van der Waals surface area contributed by atoms with Crippen molar-refractivity contribution in [3.05, 3.63) is 58.4 Å². The molecule has 0 aliphatic carbocycles. The third kappa shape index (κ3) is 1.82. The van der Waals surface area contributed by atoms with Crippen molar-refractivity contribution in [3.63, 3.8) is 0 Å². The summed E-state index contributed by atoms with van der Waals surface area (Å²) >= 11 is 5.02. The van der Waals surface area contributed by atoms with Gasteiger partial charge in [-0.3, -0.25) is 4.57 Å². The third-order valence-electron chi connectivity index (χ3n) is 2.90. The van der Waals surface area contributed by atoms with Gasteiger partial charge in [0.2, 0.25) is 0 Å². The molecule has 0 unspecified atom stereocenters. The van der Waals surface area contributed by atoms with E-state index in [1.54, 1.807) is 0 Å². The molecule has 1 aromatic heterocycles. The first-order chi connectivity index (χ1) is 9.49. The van der Waals surface area contributed by atoms with Crippen LogP contribution in [0, 0.1) is 28.0 Å². The molecule has 0 atom stereocenters. The molecule has 1 heterocycles. The number of hydrogen-bond donors (Lipinski definition) is 1. The van der Waals surface area contributed by atoms with Crippen LogP contribution in [-0.2, 0) is 0 Å². The second kappa shape index (κ2) is 4.45. The Hall–Kier alpha value is -2.15. The highest BCUT2D eigenvalue weighted by molar-refractivity contribution is 7.71. The van der Waals surface area contributed by atoms with E-state index in [0.717, 1.165) is 12.1 Å². The molecular formula is C13H6F4N2S. The highest BCUT2D eigenvalue weighted by atomic mass is 32.1. The topological polar surface area (TPSA) is 20.7 Å². The highest BCUT2D eigenvalue weighted by Crippen LogP contribution is 2.24. The van der Waals surface area contributed by atoms with E-state index in [1.807, 2.05) is 0 Å². The van der Waals surface area contributed by atoms with Crippen molar-refractivity contribution in [2.24, 2.45) is 0 Å². The molecule has 3 rings (SSSR count). The molecule has 1 N–H and O–H groups in total. The molecule has 2 aromatic carbocycles. The first kappa shape index (κ1) is 12.9. The van der Waals surface area contributed by atoms with Crippen LogP contribution in [0.1, 0.15) is 0 Å². The molecule has 0 spiro atoms. The van der Waals surface area contributed by atoms with Gasteiger partial charge in [0.25, 0.3) is 0 Å². The van der Waals surface area contributed by atoms with Crippen LogP contribution in [0.25, 0.3) is 16.7 Å². The number of imidazole rings is 1. The Labute approximate surface area is 115 Å². The van der Waals surface area contributed by atoms with E-state index in [0.29, 0.717) is 11.0 Å². The minimum atomic E-state index is -1.58. The zero-order chi connectivity index (χ0) is 14.4. The summed E-state index contributed by atoms with van der Waals surface area (Å²) in [6, 6.07) is 5.59. The number of hydrogen-bond acceptors (Lipinski definition) is 1. The van der Waals surface area contributed by atoms with E-state index in [9.17, 15) is 17.6 Å². The van der Waals surface area contributed by atoms with E-state index < -0.39 is 23.3 Å². The smallest absolute Gasteiger partial charge is 0.196 e. The molecule has 3 aromatic rings. The number of aromatic amines is 1. The standard InChI is InChI=1S/C13H6F4N2S/c14-6-1-3-9-8(5-6)18-13(20)19(9)10-4-2-7(15)11(16)12(10)17/h1-5H,(H,18,20). The minimum absolute atomic E-state index is 0.0514. The summed E-state index contributed by atoms with van der Waals surface area (Å²) < 4.78 is 54.5. The van der Waals surface area contributed by atoms with Crippen LogP contribution in [0.15, 0.2) is 30.3 Å². The van der Waals surface area contributed by atoms with E-state index in [1.165, 1.54) is 22.8 Å². The summed E-state index contributed by atoms with van der Waals surface area (Å²) in [4.78, 5) is 2.68. The number of nitrogens with one attached hydrogen (secondary N) is 1. The van der Waals surface area contributed by atoms with Gasteiger partial charge in [0.05, 0.1) is 16.7 Å². The number of halogens is 4. The molecule has 0 amide bonds. The maximum absolute atomic E-state index is 13.8. The lowest BCUT2D eigenvalue weighted by Gasteiger charge is -2.07. The van der Waals surface area contributed by atoms with Crippen LogP contribution in [0.4, 0.5) is 17.6 Å². The van der Waals surface area contributed by atoms with Crippen molar-refractivity contribution >= 4 is 23.3 Å². The number of rotatable bonds is 1.